The van der Waals surface area contributed by atoms with E-state index in [1.54, 1.807) is 12.4 Å². The lowest BCUT2D eigenvalue weighted by atomic mass is 9.82. The van der Waals surface area contributed by atoms with Crippen LogP contribution in [-0.2, 0) is 16.1 Å². The Balaban J connectivity index is 1.54. The zero-order chi connectivity index (χ0) is 19.8. The highest BCUT2D eigenvalue weighted by Gasteiger charge is 2.35. The van der Waals surface area contributed by atoms with E-state index in [1.807, 2.05) is 12.1 Å². The number of aromatic nitrogens is 1. The Morgan fingerprint density at radius 3 is 2.82 bits per heavy atom. The van der Waals surface area contributed by atoms with Gasteiger partial charge in [0.15, 0.2) is 0 Å². The first-order valence-electron chi connectivity index (χ1n) is 10.9. The number of carbonyl (C=O) groups is 1. The predicted molar refractivity (Wildman–Crippen MR) is 111 cm³/mol. The largest absolute Gasteiger partial charge is 0.377 e. The number of amides is 1. The molecule has 28 heavy (non-hydrogen) atoms. The Hall–Kier alpha value is -1.50. The standard InChI is InChI=1S/C22H36N4O2/c1-3-13-28-21-7-6-18(22(27)24-16-17-5-4-10-23-15-17)14-20(21)25-19-8-11-26(2)12-9-19/h4-5,10,15,18-21,25H,3,6-9,11-14,16H2,1-2H3,(H,24,27)/t18-,20+,21+/m0/s1. The summed E-state index contributed by atoms with van der Waals surface area (Å²) < 4.78 is 6.15. The number of pyridine rings is 1. The minimum atomic E-state index is 0.0573. The summed E-state index contributed by atoms with van der Waals surface area (Å²) in [4.78, 5) is 19.3. The van der Waals surface area contributed by atoms with Crippen LogP contribution < -0.4 is 10.6 Å². The van der Waals surface area contributed by atoms with Crippen LogP contribution in [0.15, 0.2) is 24.5 Å². The van der Waals surface area contributed by atoms with E-state index in [9.17, 15) is 4.79 Å². The van der Waals surface area contributed by atoms with Crippen molar-refractivity contribution in [1.29, 1.82) is 0 Å². The van der Waals surface area contributed by atoms with Crippen molar-refractivity contribution in [3.63, 3.8) is 0 Å². The van der Waals surface area contributed by atoms with Crippen LogP contribution in [0.5, 0.6) is 0 Å². The van der Waals surface area contributed by atoms with Crippen LogP contribution in [0.2, 0.25) is 0 Å². The van der Waals surface area contributed by atoms with Crippen molar-refractivity contribution in [2.24, 2.45) is 5.92 Å². The molecule has 1 saturated heterocycles. The van der Waals surface area contributed by atoms with E-state index < -0.39 is 0 Å². The second kappa shape index (κ2) is 10.9. The number of carbonyl (C=O) groups excluding carboxylic acids is 1. The fourth-order valence-corrected chi connectivity index (χ4v) is 4.34. The first-order valence-corrected chi connectivity index (χ1v) is 10.9. The number of nitrogens with zero attached hydrogens (tertiary/aromatic N) is 2. The van der Waals surface area contributed by atoms with E-state index >= 15 is 0 Å². The Morgan fingerprint density at radius 1 is 1.29 bits per heavy atom. The van der Waals surface area contributed by atoms with Gasteiger partial charge >= 0.3 is 0 Å². The summed E-state index contributed by atoms with van der Waals surface area (Å²) in [7, 11) is 2.19. The fourth-order valence-electron chi connectivity index (χ4n) is 4.34. The van der Waals surface area contributed by atoms with Gasteiger partial charge in [-0.25, -0.2) is 0 Å². The molecule has 1 amide bonds. The lowest BCUT2D eigenvalue weighted by Gasteiger charge is -2.40. The second-order valence-electron chi connectivity index (χ2n) is 8.35. The van der Waals surface area contributed by atoms with E-state index in [2.05, 4.69) is 34.5 Å². The molecule has 6 heteroatoms. The van der Waals surface area contributed by atoms with Crippen LogP contribution in [0.25, 0.3) is 0 Å². The maximum atomic E-state index is 12.8. The molecule has 2 heterocycles. The number of nitrogens with one attached hydrogen (secondary N) is 2. The lowest BCUT2D eigenvalue weighted by Crippen LogP contribution is -2.53. The molecular weight excluding hydrogens is 352 g/mol. The minimum absolute atomic E-state index is 0.0573. The normalized spacial score (nSPS) is 26.9. The molecule has 0 unspecified atom stereocenters. The predicted octanol–water partition coefficient (Wildman–Crippen LogP) is 2.35. The Labute approximate surface area is 169 Å². The molecule has 2 fully saturated rings. The summed E-state index contributed by atoms with van der Waals surface area (Å²) in [6.07, 6.45) is 9.88. The summed E-state index contributed by atoms with van der Waals surface area (Å²) in [5.74, 6) is 0.217. The van der Waals surface area contributed by atoms with E-state index in [1.165, 1.54) is 12.8 Å². The third-order valence-electron chi connectivity index (χ3n) is 6.05. The van der Waals surface area contributed by atoms with Crippen molar-refractivity contribution in [1.82, 2.24) is 20.5 Å². The molecule has 6 nitrogen and oxygen atoms in total. The number of hydrogen-bond acceptors (Lipinski definition) is 5. The van der Waals surface area contributed by atoms with Crippen LogP contribution in [0.1, 0.15) is 51.0 Å². The van der Waals surface area contributed by atoms with Gasteiger partial charge in [-0.1, -0.05) is 13.0 Å². The lowest BCUT2D eigenvalue weighted by molar-refractivity contribution is -0.128. The van der Waals surface area contributed by atoms with Crippen LogP contribution in [0.4, 0.5) is 0 Å². The highest BCUT2D eigenvalue weighted by atomic mass is 16.5. The zero-order valence-electron chi connectivity index (χ0n) is 17.4. The number of ether oxygens (including phenoxy) is 1. The number of likely N-dealkylation sites (tertiary alicyclic amines) is 1. The van der Waals surface area contributed by atoms with E-state index in [4.69, 9.17) is 4.74 Å². The van der Waals surface area contributed by atoms with Crippen molar-refractivity contribution in [3.8, 4) is 0 Å². The van der Waals surface area contributed by atoms with Crippen LogP contribution in [-0.4, -0.2) is 60.7 Å². The van der Waals surface area contributed by atoms with Crippen LogP contribution in [0, 0.1) is 5.92 Å². The summed E-state index contributed by atoms with van der Waals surface area (Å²) in [6, 6.07) is 4.70. The van der Waals surface area contributed by atoms with Crippen molar-refractivity contribution in [2.75, 3.05) is 26.7 Å². The number of rotatable bonds is 8. The molecule has 0 spiro atoms. The molecule has 0 bridgehead atoms. The van der Waals surface area contributed by atoms with Crippen molar-refractivity contribution in [3.05, 3.63) is 30.1 Å². The Bertz CT molecular complexity index is 589. The molecule has 0 aromatic carbocycles. The summed E-state index contributed by atoms with van der Waals surface area (Å²) in [5.41, 5.74) is 1.04. The maximum Gasteiger partial charge on any atom is 0.223 e. The molecule has 1 aliphatic heterocycles. The third-order valence-corrected chi connectivity index (χ3v) is 6.05. The van der Waals surface area contributed by atoms with Gasteiger partial charge in [0.05, 0.1) is 6.10 Å². The van der Waals surface area contributed by atoms with Gasteiger partial charge in [0, 0.05) is 43.5 Å². The molecule has 0 radical (unpaired) electrons. The summed E-state index contributed by atoms with van der Waals surface area (Å²) in [6.45, 7) is 5.77. The quantitative estimate of drug-likeness (QED) is 0.716. The van der Waals surface area contributed by atoms with Crippen molar-refractivity contribution >= 4 is 5.91 Å². The van der Waals surface area contributed by atoms with Gasteiger partial charge in [0.2, 0.25) is 5.91 Å². The topological polar surface area (TPSA) is 66.5 Å². The average molecular weight is 389 g/mol. The molecule has 156 valence electrons. The maximum absolute atomic E-state index is 12.8. The van der Waals surface area contributed by atoms with Gasteiger partial charge in [-0.3, -0.25) is 9.78 Å². The van der Waals surface area contributed by atoms with E-state index in [0.717, 1.165) is 50.9 Å². The van der Waals surface area contributed by atoms with Gasteiger partial charge in [-0.05, 0) is 70.3 Å². The third kappa shape index (κ3) is 6.26. The number of hydrogen-bond donors (Lipinski definition) is 2. The van der Waals surface area contributed by atoms with Crippen molar-refractivity contribution in [2.45, 2.75) is 70.2 Å². The molecule has 3 atom stereocenters. The summed E-state index contributed by atoms with van der Waals surface area (Å²) in [5, 5.41) is 6.96. The molecule has 2 N–H and O–H groups in total. The Kier molecular flexibility index (Phi) is 8.25. The Morgan fingerprint density at radius 2 is 2.11 bits per heavy atom. The molecule has 1 saturated carbocycles. The molecule has 3 rings (SSSR count). The smallest absolute Gasteiger partial charge is 0.223 e. The molecule has 2 aliphatic rings. The van der Waals surface area contributed by atoms with Crippen LogP contribution in [0.3, 0.4) is 0 Å². The highest BCUT2D eigenvalue weighted by molar-refractivity contribution is 5.78. The number of piperidine rings is 1. The van der Waals surface area contributed by atoms with Gasteiger partial charge in [-0.15, -0.1) is 0 Å². The van der Waals surface area contributed by atoms with Crippen LogP contribution >= 0.6 is 0 Å². The van der Waals surface area contributed by atoms with Crippen molar-refractivity contribution < 1.29 is 9.53 Å². The zero-order valence-corrected chi connectivity index (χ0v) is 17.4. The first kappa shape index (κ1) is 21.2. The molecule has 1 aromatic heterocycles. The monoisotopic (exact) mass is 388 g/mol. The van der Waals surface area contributed by atoms with E-state index in [0.29, 0.717) is 12.6 Å². The first-order chi connectivity index (χ1) is 13.7. The minimum Gasteiger partial charge on any atom is -0.377 e. The average Bonchev–Trinajstić information content (AvgIpc) is 2.73. The molecule has 1 aliphatic carbocycles. The van der Waals surface area contributed by atoms with Gasteiger partial charge in [0.1, 0.15) is 0 Å². The van der Waals surface area contributed by atoms with Gasteiger partial charge in [-0.2, -0.15) is 0 Å². The van der Waals surface area contributed by atoms with Gasteiger partial charge < -0.3 is 20.3 Å². The van der Waals surface area contributed by atoms with E-state index in [-0.39, 0.29) is 24.0 Å². The second-order valence-corrected chi connectivity index (χ2v) is 8.35. The SMILES string of the molecule is CCCO[C@@H]1CC[C@H](C(=O)NCc2cccnc2)C[C@H]1NC1CCN(C)CC1. The molecule has 1 aromatic rings. The fraction of sp³-hybridized carbons (Fsp3) is 0.727. The van der Waals surface area contributed by atoms with Gasteiger partial charge in [0.25, 0.3) is 0 Å². The summed E-state index contributed by atoms with van der Waals surface area (Å²) >= 11 is 0. The molecular formula is C22H36N4O2. The highest BCUT2D eigenvalue weighted by Crippen LogP contribution is 2.28.